The van der Waals surface area contributed by atoms with Crippen LogP contribution in [0.2, 0.25) is 5.02 Å². The molecule has 6 rings (SSSR count). The largest absolute Gasteiger partial charge is 0.353 e. The SMILES string of the molecule is Clc1ccccc1C(c1ccccc1)N1CCN(c2ccc3nnc(C4CC4)n3n2)CC1. The van der Waals surface area contributed by atoms with Crippen molar-refractivity contribution < 1.29 is 0 Å². The fraction of sp³-hybridized carbons (Fsp3) is 0.320. The van der Waals surface area contributed by atoms with Crippen molar-refractivity contribution in [1.82, 2.24) is 24.7 Å². The first kappa shape index (κ1) is 19.7. The van der Waals surface area contributed by atoms with E-state index in [1.165, 1.54) is 18.4 Å². The van der Waals surface area contributed by atoms with Gasteiger partial charge in [0, 0.05) is 37.1 Å². The van der Waals surface area contributed by atoms with Gasteiger partial charge in [-0.15, -0.1) is 15.3 Å². The maximum atomic E-state index is 6.64. The summed E-state index contributed by atoms with van der Waals surface area (Å²) in [6, 6.07) is 23.1. The number of fused-ring (bicyclic) bond motifs is 1. The molecule has 1 aliphatic heterocycles. The number of benzene rings is 2. The molecule has 32 heavy (non-hydrogen) atoms. The molecule has 0 spiro atoms. The van der Waals surface area contributed by atoms with Crippen LogP contribution in [-0.2, 0) is 0 Å². The van der Waals surface area contributed by atoms with Gasteiger partial charge in [0.05, 0.1) is 6.04 Å². The number of anilines is 1. The standard InChI is InChI=1S/C25H25ClN6/c26-21-9-5-4-8-20(21)24(18-6-2-1-3-7-18)31-16-14-30(15-17-31)23-13-12-22-27-28-25(19-10-11-19)32(22)29-23/h1-9,12-13,19,24H,10-11,14-17H2. The predicted molar refractivity (Wildman–Crippen MR) is 126 cm³/mol. The Morgan fingerprint density at radius 3 is 2.31 bits per heavy atom. The van der Waals surface area contributed by atoms with Gasteiger partial charge in [0.15, 0.2) is 11.5 Å². The number of hydrogen-bond acceptors (Lipinski definition) is 5. The second-order valence-corrected chi connectivity index (χ2v) is 9.06. The van der Waals surface area contributed by atoms with E-state index in [1.807, 2.05) is 22.7 Å². The van der Waals surface area contributed by atoms with Crippen molar-refractivity contribution in [1.29, 1.82) is 0 Å². The smallest absolute Gasteiger partial charge is 0.178 e. The minimum atomic E-state index is 0.141. The van der Waals surface area contributed by atoms with Gasteiger partial charge in [0.2, 0.25) is 0 Å². The number of aromatic nitrogens is 4. The molecule has 2 aromatic heterocycles. The van der Waals surface area contributed by atoms with Gasteiger partial charge in [-0.05, 0) is 42.2 Å². The zero-order chi connectivity index (χ0) is 21.5. The lowest BCUT2D eigenvalue weighted by molar-refractivity contribution is 0.212. The normalized spacial score (nSPS) is 18.2. The number of nitrogens with zero attached hydrogens (tertiary/aromatic N) is 6. The van der Waals surface area contributed by atoms with Gasteiger partial charge in [-0.25, -0.2) is 0 Å². The summed E-state index contributed by atoms with van der Waals surface area (Å²) in [6.07, 6.45) is 2.38. The Kier molecular flexibility index (Phi) is 5.04. The first-order valence-corrected chi connectivity index (χ1v) is 11.7. The molecule has 2 fully saturated rings. The second-order valence-electron chi connectivity index (χ2n) is 8.65. The molecule has 2 aromatic carbocycles. The Bertz CT molecular complexity index is 1230. The van der Waals surface area contributed by atoms with Gasteiger partial charge in [-0.2, -0.15) is 4.52 Å². The minimum Gasteiger partial charge on any atom is -0.353 e. The molecule has 1 aliphatic carbocycles. The fourth-order valence-corrected chi connectivity index (χ4v) is 4.93. The summed E-state index contributed by atoms with van der Waals surface area (Å²) >= 11 is 6.64. The monoisotopic (exact) mass is 444 g/mol. The number of halogens is 1. The van der Waals surface area contributed by atoms with E-state index in [0.29, 0.717) is 5.92 Å². The van der Waals surface area contributed by atoms with Crippen molar-refractivity contribution in [3.8, 4) is 0 Å². The van der Waals surface area contributed by atoms with Crippen molar-refractivity contribution in [2.24, 2.45) is 0 Å². The number of rotatable bonds is 5. The zero-order valence-corrected chi connectivity index (χ0v) is 18.6. The van der Waals surface area contributed by atoms with Crippen molar-refractivity contribution in [3.63, 3.8) is 0 Å². The molecular weight excluding hydrogens is 420 g/mol. The quantitative estimate of drug-likeness (QED) is 0.451. The van der Waals surface area contributed by atoms with Gasteiger partial charge in [-0.3, -0.25) is 4.90 Å². The molecule has 1 atom stereocenters. The molecule has 0 bridgehead atoms. The molecule has 162 valence electrons. The van der Waals surface area contributed by atoms with Gasteiger partial charge in [0.25, 0.3) is 0 Å². The molecule has 3 heterocycles. The van der Waals surface area contributed by atoms with Crippen LogP contribution in [0.25, 0.3) is 5.65 Å². The lowest BCUT2D eigenvalue weighted by atomic mass is 9.96. The topological polar surface area (TPSA) is 49.6 Å². The van der Waals surface area contributed by atoms with Crippen LogP contribution in [0.15, 0.2) is 66.7 Å². The van der Waals surface area contributed by atoms with Gasteiger partial charge in [-0.1, -0.05) is 60.1 Å². The Balaban J connectivity index is 1.25. The molecule has 4 aromatic rings. The molecule has 1 saturated carbocycles. The van der Waals surface area contributed by atoms with E-state index >= 15 is 0 Å². The molecule has 0 N–H and O–H groups in total. The Morgan fingerprint density at radius 1 is 0.812 bits per heavy atom. The molecule has 1 unspecified atom stereocenters. The number of hydrogen-bond donors (Lipinski definition) is 0. The van der Waals surface area contributed by atoms with Gasteiger partial charge >= 0.3 is 0 Å². The number of piperazine rings is 1. The molecular formula is C25H25ClN6. The lowest BCUT2D eigenvalue weighted by Gasteiger charge is -2.40. The van der Waals surface area contributed by atoms with Crippen LogP contribution in [0, 0.1) is 0 Å². The molecule has 7 heteroatoms. The minimum absolute atomic E-state index is 0.141. The molecule has 0 radical (unpaired) electrons. The molecule has 1 saturated heterocycles. The fourth-order valence-electron chi connectivity index (χ4n) is 4.69. The Labute approximate surface area is 192 Å². The van der Waals surface area contributed by atoms with Crippen molar-refractivity contribution in [3.05, 3.63) is 88.7 Å². The van der Waals surface area contributed by atoms with E-state index in [-0.39, 0.29) is 6.04 Å². The first-order valence-electron chi connectivity index (χ1n) is 11.3. The van der Waals surface area contributed by atoms with E-state index in [4.69, 9.17) is 16.7 Å². The third kappa shape index (κ3) is 3.63. The summed E-state index contributed by atoms with van der Waals surface area (Å²) in [7, 11) is 0. The van der Waals surface area contributed by atoms with Crippen LogP contribution in [0.1, 0.15) is 41.8 Å². The maximum absolute atomic E-state index is 6.64. The predicted octanol–water partition coefficient (Wildman–Crippen LogP) is 4.57. The average Bonchev–Trinajstić information content (AvgIpc) is 3.60. The van der Waals surface area contributed by atoms with E-state index < -0.39 is 0 Å². The van der Waals surface area contributed by atoms with E-state index in [1.54, 1.807) is 0 Å². The third-order valence-electron chi connectivity index (χ3n) is 6.53. The van der Waals surface area contributed by atoms with Crippen LogP contribution < -0.4 is 4.90 Å². The van der Waals surface area contributed by atoms with Crippen LogP contribution in [0.3, 0.4) is 0 Å². The molecule has 6 nitrogen and oxygen atoms in total. The highest BCUT2D eigenvalue weighted by Gasteiger charge is 2.31. The summed E-state index contributed by atoms with van der Waals surface area (Å²) in [4.78, 5) is 4.89. The van der Waals surface area contributed by atoms with Crippen LogP contribution in [0.4, 0.5) is 5.82 Å². The third-order valence-corrected chi connectivity index (χ3v) is 6.88. The van der Waals surface area contributed by atoms with Crippen LogP contribution >= 0.6 is 11.6 Å². The van der Waals surface area contributed by atoms with Crippen LogP contribution in [-0.4, -0.2) is 50.9 Å². The van der Waals surface area contributed by atoms with Crippen LogP contribution in [0.5, 0.6) is 0 Å². The van der Waals surface area contributed by atoms with Gasteiger partial charge < -0.3 is 4.90 Å². The highest BCUT2D eigenvalue weighted by molar-refractivity contribution is 6.31. The lowest BCUT2D eigenvalue weighted by Crippen LogP contribution is -2.48. The van der Waals surface area contributed by atoms with E-state index in [0.717, 1.165) is 54.1 Å². The zero-order valence-electron chi connectivity index (χ0n) is 17.8. The van der Waals surface area contributed by atoms with E-state index in [9.17, 15) is 0 Å². The summed E-state index contributed by atoms with van der Waals surface area (Å²) < 4.78 is 1.94. The highest BCUT2D eigenvalue weighted by Crippen LogP contribution is 2.39. The average molecular weight is 445 g/mol. The van der Waals surface area contributed by atoms with Crippen molar-refractivity contribution in [2.75, 3.05) is 31.1 Å². The van der Waals surface area contributed by atoms with Crippen molar-refractivity contribution >= 4 is 23.1 Å². The second kappa shape index (κ2) is 8.19. The van der Waals surface area contributed by atoms with E-state index in [2.05, 4.69) is 68.5 Å². The molecule has 0 amide bonds. The maximum Gasteiger partial charge on any atom is 0.178 e. The highest BCUT2D eigenvalue weighted by atomic mass is 35.5. The summed E-state index contributed by atoms with van der Waals surface area (Å²) in [5.41, 5.74) is 3.26. The van der Waals surface area contributed by atoms with Gasteiger partial charge in [0.1, 0.15) is 5.82 Å². The summed E-state index contributed by atoms with van der Waals surface area (Å²) in [5.74, 6) is 2.52. The molecule has 2 aliphatic rings. The summed E-state index contributed by atoms with van der Waals surface area (Å²) in [6.45, 7) is 3.69. The summed E-state index contributed by atoms with van der Waals surface area (Å²) in [5, 5.41) is 14.4. The Hall–Kier alpha value is -2.96. The Morgan fingerprint density at radius 2 is 1.56 bits per heavy atom. The van der Waals surface area contributed by atoms with Crippen molar-refractivity contribution in [2.45, 2.75) is 24.8 Å². The first-order chi connectivity index (χ1) is 15.8.